The fourth-order valence-corrected chi connectivity index (χ4v) is 2.56. The van der Waals surface area contributed by atoms with Gasteiger partial charge in [-0.2, -0.15) is 0 Å². The van der Waals surface area contributed by atoms with Crippen LogP contribution in [0.15, 0.2) is 42.5 Å². The first-order chi connectivity index (χ1) is 13.4. The van der Waals surface area contributed by atoms with E-state index in [1.54, 1.807) is 30.3 Å². The van der Waals surface area contributed by atoms with Gasteiger partial charge in [0.15, 0.2) is 17.3 Å². The van der Waals surface area contributed by atoms with E-state index in [-0.39, 0.29) is 16.9 Å². The predicted molar refractivity (Wildman–Crippen MR) is 103 cm³/mol. The maximum atomic E-state index is 13.0. The molecule has 1 atom stereocenters. The molecule has 0 radical (unpaired) electrons. The third-order valence-corrected chi connectivity index (χ3v) is 3.94. The molecule has 148 valence electrons. The molecular weight excluding hydrogens is 362 g/mol. The minimum absolute atomic E-state index is 0.104. The van der Waals surface area contributed by atoms with Crippen LogP contribution in [0, 0.1) is 0 Å². The van der Waals surface area contributed by atoms with Gasteiger partial charge in [-0.15, -0.1) is 0 Å². The highest BCUT2D eigenvalue weighted by atomic mass is 16.5. The SMILES string of the molecule is CCOc1ccc(C(=O)c2ccccc2C(=O)NC(C)C(=O)O)cc1OCC. The summed E-state index contributed by atoms with van der Waals surface area (Å²) in [6.07, 6.45) is 0. The maximum Gasteiger partial charge on any atom is 0.325 e. The fourth-order valence-electron chi connectivity index (χ4n) is 2.56. The largest absolute Gasteiger partial charge is 0.490 e. The summed E-state index contributed by atoms with van der Waals surface area (Å²) >= 11 is 0. The van der Waals surface area contributed by atoms with E-state index in [2.05, 4.69) is 5.32 Å². The minimum atomic E-state index is -1.16. The van der Waals surface area contributed by atoms with Crippen LogP contribution in [0.2, 0.25) is 0 Å². The van der Waals surface area contributed by atoms with Gasteiger partial charge in [-0.05, 0) is 45.0 Å². The van der Waals surface area contributed by atoms with Crippen molar-refractivity contribution in [2.75, 3.05) is 13.2 Å². The molecule has 0 spiro atoms. The Morgan fingerprint density at radius 1 is 0.964 bits per heavy atom. The Hall–Kier alpha value is -3.35. The van der Waals surface area contributed by atoms with Crippen LogP contribution in [-0.2, 0) is 4.79 Å². The van der Waals surface area contributed by atoms with Gasteiger partial charge in [0.05, 0.1) is 18.8 Å². The molecule has 1 unspecified atom stereocenters. The van der Waals surface area contributed by atoms with E-state index >= 15 is 0 Å². The van der Waals surface area contributed by atoms with Crippen molar-refractivity contribution in [3.8, 4) is 11.5 Å². The van der Waals surface area contributed by atoms with Gasteiger partial charge in [0.25, 0.3) is 5.91 Å². The van der Waals surface area contributed by atoms with Crippen LogP contribution in [0.3, 0.4) is 0 Å². The van der Waals surface area contributed by atoms with Crippen LogP contribution >= 0.6 is 0 Å². The summed E-state index contributed by atoms with van der Waals surface area (Å²) in [4.78, 5) is 36.5. The molecular formula is C21H23NO6. The minimum Gasteiger partial charge on any atom is -0.490 e. The second-order valence-corrected chi connectivity index (χ2v) is 5.94. The van der Waals surface area contributed by atoms with Crippen LogP contribution in [0.4, 0.5) is 0 Å². The number of hydrogen-bond donors (Lipinski definition) is 2. The molecule has 7 nitrogen and oxygen atoms in total. The van der Waals surface area contributed by atoms with Crippen LogP contribution in [0.1, 0.15) is 47.1 Å². The summed E-state index contributed by atoms with van der Waals surface area (Å²) in [5.41, 5.74) is 0.607. The molecule has 0 fully saturated rings. The van der Waals surface area contributed by atoms with Gasteiger partial charge in [-0.25, -0.2) is 0 Å². The lowest BCUT2D eigenvalue weighted by Gasteiger charge is -2.14. The number of aliphatic carboxylic acids is 1. The highest BCUT2D eigenvalue weighted by Gasteiger charge is 2.22. The first kappa shape index (κ1) is 21.0. The zero-order valence-electron chi connectivity index (χ0n) is 16.0. The van der Waals surface area contributed by atoms with Crippen molar-refractivity contribution in [2.24, 2.45) is 0 Å². The number of carbonyl (C=O) groups is 3. The molecule has 0 aliphatic heterocycles. The molecule has 2 rings (SSSR count). The number of amides is 1. The lowest BCUT2D eigenvalue weighted by molar-refractivity contribution is -0.138. The Bertz CT molecular complexity index is 877. The smallest absolute Gasteiger partial charge is 0.325 e. The van der Waals surface area contributed by atoms with Crippen LogP contribution in [-0.4, -0.2) is 42.0 Å². The number of ether oxygens (including phenoxy) is 2. The molecule has 0 bridgehead atoms. The molecule has 0 aliphatic carbocycles. The molecule has 0 aromatic heterocycles. The number of carbonyl (C=O) groups excluding carboxylic acids is 2. The van der Waals surface area contributed by atoms with Gasteiger partial charge in [-0.3, -0.25) is 14.4 Å². The zero-order valence-corrected chi connectivity index (χ0v) is 16.0. The lowest BCUT2D eigenvalue weighted by Crippen LogP contribution is -2.38. The van der Waals surface area contributed by atoms with Gasteiger partial charge < -0.3 is 19.9 Å². The molecule has 0 saturated carbocycles. The quantitative estimate of drug-likeness (QED) is 0.644. The average Bonchev–Trinajstić information content (AvgIpc) is 2.69. The molecule has 7 heteroatoms. The highest BCUT2D eigenvalue weighted by Crippen LogP contribution is 2.29. The monoisotopic (exact) mass is 385 g/mol. The first-order valence-electron chi connectivity index (χ1n) is 8.96. The summed E-state index contributed by atoms with van der Waals surface area (Å²) in [7, 11) is 0. The van der Waals surface area contributed by atoms with E-state index in [0.717, 1.165) is 0 Å². The number of ketones is 1. The Balaban J connectivity index is 2.38. The molecule has 0 saturated heterocycles. The molecule has 0 aliphatic rings. The van der Waals surface area contributed by atoms with E-state index in [1.807, 2.05) is 13.8 Å². The van der Waals surface area contributed by atoms with Gasteiger partial charge in [0.1, 0.15) is 6.04 Å². The first-order valence-corrected chi connectivity index (χ1v) is 8.96. The van der Waals surface area contributed by atoms with Crippen LogP contribution in [0.5, 0.6) is 11.5 Å². The molecule has 1 amide bonds. The molecule has 2 aromatic carbocycles. The molecule has 2 aromatic rings. The number of nitrogens with one attached hydrogen (secondary N) is 1. The Labute approximate surface area is 163 Å². The zero-order chi connectivity index (χ0) is 20.7. The maximum absolute atomic E-state index is 13.0. The lowest BCUT2D eigenvalue weighted by atomic mass is 9.97. The van der Waals surface area contributed by atoms with Crippen molar-refractivity contribution in [3.05, 3.63) is 59.2 Å². The van der Waals surface area contributed by atoms with Crippen molar-refractivity contribution in [3.63, 3.8) is 0 Å². The standard InChI is InChI=1S/C21H23NO6/c1-4-27-17-11-10-14(12-18(17)28-5-2)19(23)15-8-6-7-9-16(15)20(24)22-13(3)21(25)26/h6-13H,4-5H2,1-3H3,(H,22,24)(H,25,26). The Morgan fingerprint density at radius 2 is 1.57 bits per heavy atom. The summed E-state index contributed by atoms with van der Waals surface area (Å²) < 4.78 is 11.1. The number of carboxylic acid groups (broad SMARTS) is 1. The summed E-state index contributed by atoms with van der Waals surface area (Å²) in [5, 5.41) is 11.3. The van der Waals surface area contributed by atoms with Crippen molar-refractivity contribution in [2.45, 2.75) is 26.8 Å². The number of rotatable bonds is 9. The molecule has 2 N–H and O–H groups in total. The summed E-state index contributed by atoms with van der Waals surface area (Å²) in [6, 6.07) is 10.0. The van der Waals surface area contributed by atoms with Crippen molar-refractivity contribution in [1.82, 2.24) is 5.32 Å². The normalized spacial score (nSPS) is 11.4. The number of carboxylic acids is 1. The molecule has 0 heterocycles. The second kappa shape index (κ2) is 9.55. The third kappa shape index (κ3) is 4.88. The van der Waals surface area contributed by atoms with Gasteiger partial charge in [0.2, 0.25) is 0 Å². The molecule has 28 heavy (non-hydrogen) atoms. The van der Waals surface area contributed by atoms with Crippen molar-refractivity contribution in [1.29, 1.82) is 0 Å². The van der Waals surface area contributed by atoms with E-state index < -0.39 is 17.9 Å². The summed E-state index contributed by atoms with van der Waals surface area (Å²) in [6.45, 7) is 5.89. The van der Waals surface area contributed by atoms with Crippen LogP contribution in [0.25, 0.3) is 0 Å². The Morgan fingerprint density at radius 3 is 2.18 bits per heavy atom. The Kier molecular flexibility index (Phi) is 7.14. The van der Waals surface area contributed by atoms with Gasteiger partial charge in [0, 0.05) is 11.1 Å². The predicted octanol–water partition coefficient (Wildman–Crippen LogP) is 2.92. The van der Waals surface area contributed by atoms with Crippen molar-refractivity contribution < 1.29 is 29.0 Å². The van der Waals surface area contributed by atoms with E-state index in [4.69, 9.17) is 14.6 Å². The third-order valence-electron chi connectivity index (χ3n) is 3.94. The highest BCUT2D eigenvalue weighted by molar-refractivity contribution is 6.15. The topological polar surface area (TPSA) is 102 Å². The van der Waals surface area contributed by atoms with Crippen molar-refractivity contribution >= 4 is 17.7 Å². The average molecular weight is 385 g/mol. The summed E-state index contributed by atoms with van der Waals surface area (Å²) in [5.74, 6) is -1.20. The van der Waals surface area contributed by atoms with E-state index in [0.29, 0.717) is 30.3 Å². The second-order valence-electron chi connectivity index (χ2n) is 5.94. The fraction of sp³-hybridized carbons (Fsp3) is 0.286. The van der Waals surface area contributed by atoms with E-state index in [1.165, 1.54) is 19.1 Å². The van der Waals surface area contributed by atoms with Gasteiger partial charge >= 0.3 is 5.97 Å². The van der Waals surface area contributed by atoms with E-state index in [9.17, 15) is 14.4 Å². The number of benzene rings is 2. The van der Waals surface area contributed by atoms with Crippen LogP contribution < -0.4 is 14.8 Å². The number of hydrogen-bond acceptors (Lipinski definition) is 5. The van der Waals surface area contributed by atoms with Gasteiger partial charge in [-0.1, -0.05) is 18.2 Å².